The van der Waals surface area contributed by atoms with Gasteiger partial charge in [0, 0.05) is 26.2 Å². The Morgan fingerprint density at radius 1 is 1.18 bits per heavy atom. The van der Waals surface area contributed by atoms with Crippen molar-refractivity contribution in [3.05, 3.63) is 41.5 Å². The first kappa shape index (κ1) is 8.94. The van der Waals surface area contributed by atoms with E-state index < -0.39 is 0 Å². The zero-order valence-electron chi connectivity index (χ0n) is 6.59. The molecule has 1 aliphatic carbocycles. The van der Waals surface area contributed by atoms with E-state index in [1.54, 1.807) is 0 Å². The predicted molar refractivity (Wildman–Crippen MR) is 43.8 cm³/mol. The molecule has 0 radical (unpaired) electrons. The van der Waals surface area contributed by atoms with Crippen LogP contribution in [0.3, 0.4) is 0 Å². The van der Waals surface area contributed by atoms with Crippen LogP contribution < -0.4 is 0 Å². The summed E-state index contributed by atoms with van der Waals surface area (Å²) in [6.45, 7) is 2.17. The quantitative estimate of drug-likeness (QED) is 0.632. The molecule has 1 aromatic rings. The molecular formula is C10H10Zr. The second-order valence-electron chi connectivity index (χ2n) is 2.75. The van der Waals surface area contributed by atoms with Crippen molar-refractivity contribution < 1.29 is 26.2 Å². The summed E-state index contributed by atoms with van der Waals surface area (Å²) in [5.74, 6) is 0. The maximum absolute atomic E-state index is 2.28. The van der Waals surface area contributed by atoms with Gasteiger partial charge in [-0.1, -0.05) is 30.3 Å². The topological polar surface area (TPSA) is 0 Å². The summed E-state index contributed by atoms with van der Waals surface area (Å²) in [6, 6.07) is 8.59. The van der Waals surface area contributed by atoms with Crippen molar-refractivity contribution >= 4 is 5.57 Å². The van der Waals surface area contributed by atoms with Gasteiger partial charge in [-0.2, -0.15) is 0 Å². The molecule has 0 aliphatic heterocycles. The van der Waals surface area contributed by atoms with Crippen LogP contribution in [-0.2, 0) is 32.6 Å². The van der Waals surface area contributed by atoms with Crippen molar-refractivity contribution in [1.29, 1.82) is 0 Å². The molecule has 0 atom stereocenters. The van der Waals surface area contributed by atoms with E-state index in [0.717, 1.165) is 6.42 Å². The third-order valence-electron chi connectivity index (χ3n) is 2.07. The Morgan fingerprint density at radius 2 is 1.91 bits per heavy atom. The first-order valence-electron chi connectivity index (χ1n) is 3.63. The Hall–Kier alpha value is -0.157. The summed E-state index contributed by atoms with van der Waals surface area (Å²) in [4.78, 5) is 0. The van der Waals surface area contributed by atoms with Crippen LogP contribution in [-0.4, -0.2) is 0 Å². The zero-order valence-corrected chi connectivity index (χ0v) is 9.05. The van der Waals surface area contributed by atoms with E-state index in [9.17, 15) is 0 Å². The molecule has 0 N–H and O–H groups in total. The SMILES string of the molecule is CC1=CCc2ccccc21.[Zr]. The minimum absolute atomic E-state index is 0. The summed E-state index contributed by atoms with van der Waals surface area (Å²) in [7, 11) is 0. The summed E-state index contributed by atoms with van der Waals surface area (Å²) in [6.07, 6.45) is 3.41. The Bertz CT molecular complexity index is 287. The molecule has 11 heavy (non-hydrogen) atoms. The molecule has 0 nitrogen and oxygen atoms in total. The van der Waals surface area contributed by atoms with Gasteiger partial charge in [0.05, 0.1) is 0 Å². The van der Waals surface area contributed by atoms with Crippen LogP contribution in [0.4, 0.5) is 0 Å². The Kier molecular flexibility index (Phi) is 2.84. The molecule has 0 saturated carbocycles. The number of fused-ring (bicyclic) bond motifs is 1. The average Bonchev–Trinajstić information content (AvgIpc) is 2.34. The molecule has 0 heterocycles. The van der Waals surface area contributed by atoms with Crippen molar-refractivity contribution in [1.82, 2.24) is 0 Å². The van der Waals surface area contributed by atoms with Crippen LogP contribution in [0.25, 0.3) is 5.57 Å². The van der Waals surface area contributed by atoms with Crippen molar-refractivity contribution in [3.63, 3.8) is 0 Å². The largest absolute Gasteiger partial charge is 0.0766 e. The van der Waals surface area contributed by atoms with Gasteiger partial charge < -0.3 is 0 Å². The van der Waals surface area contributed by atoms with Crippen molar-refractivity contribution in [3.8, 4) is 0 Å². The molecule has 1 aliphatic rings. The average molecular weight is 221 g/mol. The maximum atomic E-state index is 2.28. The molecule has 2 rings (SSSR count). The Balaban J connectivity index is 0.000000605. The van der Waals surface area contributed by atoms with E-state index in [0.29, 0.717) is 0 Å². The first-order chi connectivity index (χ1) is 4.88. The molecular weight excluding hydrogens is 211 g/mol. The standard InChI is InChI=1S/C10H10.Zr/c1-8-6-7-9-4-2-3-5-10(8)9;/h2-6H,7H2,1H3;. The van der Waals surface area contributed by atoms with Crippen molar-refractivity contribution in [2.24, 2.45) is 0 Å². The molecule has 0 amide bonds. The maximum Gasteiger partial charge on any atom is 0 e. The molecule has 0 bridgehead atoms. The van der Waals surface area contributed by atoms with Gasteiger partial charge in [-0.15, -0.1) is 0 Å². The molecule has 0 saturated heterocycles. The van der Waals surface area contributed by atoms with Gasteiger partial charge in [-0.05, 0) is 30.0 Å². The van der Waals surface area contributed by atoms with Crippen LogP contribution in [0.1, 0.15) is 18.1 Å². The molecule has 54 valence electrons. The number of allylic oxidation sites excluding steroid dienone is 2. The van der Waals surface area contributed by atoms with Crippen LogP contribution in [0.2, 0.25) is 0 Å². The number of hydrogen-bond donors (Lipinski definition) is 0. The monoisotopic (exact) mass is 220 g/mol. The van der Waals surface area contributed by atoms with Gasteiger partial charge in [0.15, 0.2) is 0 Å². The summed E-state index contributed by atoms with van der Waals surface area (Å²) < 4.78 is 0. The Labute approximate surface area is 86.4 Å². The molecule has 0 fully saturated rings. The fraction of sp³-hybridized carbons (Fsp3) is 0.200. The van der Waals surface area contributed by atoms with Gasteiger partial charge in [-0.25, -0.2) is 0 Å². The van der Waals surface area contributed by atoms with Gasteiger partial charge in [-0.3, -0.25) is 0 Å². The van der Waals surface area contributed by atoms with E-state index in [2.05, 4.69) is 37.3 Å². The molecule has 0 aromatic heterocycles. The minimum atomic E-state index is 0. The normalized spacial score (nSPS) is 13.4. The summed E-state index contributed by atoms with van der Waals surface area (Å²) in [5, 5.41) is 0. The van der Waals surface area contributed by atoms with Crippen LogP contribution in [0.5, 0.6) is 0 Å². The Morgan fingerprint density at radius 3 is 2.64 bits per heavy atom. The molecule has 1 heteroatoms. The van der Waals surface area contributed by atoms with Crippen LogP contribution in [0, 0.1) is 0 Å². The van der Waals surface area contributed by atoms with E-state index in [4.69, 9.17) is 0 Å². The van der Waals surface area contributed by atoms with Crippen LogP contribution in [0.15, 0.2) is 30.3 Å². The van der Waals surface area contributed by atoms with Crippen LogP contribution >= 0.6 is 0 Å². The minimum Gasteiger partial charge on any atom is -0.0766 e. The molecule has 0 unspecified atom stereocenters. The van der Waals surface area contributed by atoms with Crippen molar-refractivity contribution in [2.75, 3.05) is 0 Å². The summed E-state index contributed by atoms with van der Waals surface area (Å²) in [5.41, 5.74) is 4.33. The second kappa shape index (κ2) is 3.49. The predicted octanol–water partition coefficient (Wildman–Crippen LogP) is 2.64. The smallest absolute Gasteiger partial charge is 0 e. The zero-order chi connectivity index (χ0) is 6.97. The van der Waals surface area contributed by atoms with Gasteiger partial charge in [0.25, 0.3) is 0 Å². The van der Waals surface area contributed by atoms with E-state index in [1.165, 1.54) is 16.7 Å². The van der Waals surface area contributed by atoms with E-state index in [-0.39, 0.29) is 26.2 Å². The number of hydrogen-bond acceptors (Lipinski definition) is 0. The third-order valence-corrected chi connectivity index (χ3v) is 2.07. The molecule has 1 aromatic carbocycles. The molecule has 0 spiro atoms. The third kappa shape index (κ3) is 1.54. The fourth-order valence-corrected chi connectivity index (χ4v) is 1.46. The second-order valence-corrected chi connectivity index (χ2v) is 2.75. The van der Waals surface area contributed by atoms with E-state index >= 15 is 0 Å². The van der Waals surface area contributed by atoms with Gasteiger partial charge in [0.2, 0.25) is 0 Å². The number of rotatable bonds is 0. The van der Waals surface area contributed by atoms with E-state index in [1.807, 2.05) is 0 Å². The van der Waals surface area contributed by atoms with Gasteiger partial charge >= 0.3 is 0 Å². The first-order valence-corrected chi connectivity index (χ1v) is 3.63. The number of benzene rings is 1. The fourth-order valence-electron chi connectivity index (χ4n) is 1.46. The van der Waals surface area contributed by atoms with Gasteiger partial charge in [0.1, 0.15) is 0 Å². The van der Waals surface area contributed by atoms with Crippen molar-refractivity contribution in [2.45, 2.75) is 13.3 Å². The summed E-state index contributed by atoms with van der Waals surface area (Å²) >= 11 is 0.